The summed E-state index contributed by atoms with van der Waals surface area (Å²) in [6, 6.07) is 12.0. The van der Waals surface area contributed by atoms with Crippen molar-refractivity contribution in [2.75, 3.05) is 27.4 Å². The molecule has 0 unspecified atom stereocenters. The van der Waals surface area contributed by atoms with Gasteiger partial charge in [0.15, 0.2) is 0 Å². The summed E-state index contributed by atoms with van der Waals surface area (Å²) in [5.74, 6) is 1.02. The largest absolute Gasteiger partial charge is 0.497 e. The number of methoxy groups -OCH3 is 2. The molecule has 2 heterocycles. The predicted octanol–water partition coefficient (Wildman–Crippen LogP) is 2.05. The van der Waals surface area contributed by atoms with E-state index in [1.165, 1.54) is 34.6 Å². The zero-order valence-electron chi connectivity index (χ0n) is 17.9. The minimum Gasteiger partial charge on any atom is -0.497 e. The van der Waals surface area contributed by atoms with Crippen LogP contribution >= 0.6 is 0 Å². The third-order valence-corrected chi connectivity index (χ3v) is 7.12. The van der Waals surface area contributed by atoms with Crippen LogP contribution < -0.4 is 9.47 Å². The van der Waals surface area contributed by atoms with Gasteiger partial charge in [-0.05, 0) is 53.1 Å². The SMILES string of the molecule is COc1cccc(CN(C[C@@H]2CCCO2)S(=O)(=O)c2ccc(-n3cnnn3)c(OC)c2)c1. The summed E-state index contributed by atoms with van der Waals surface area (Å²) < 4.78 is 46.7. The second-order valence-electron chi connectivity index (χ2n) is 7.37. The van der Waals surface area contributed by atoms with Crippen molar-refractivity contribution in [2.24, 2.45) is 0 Å². The standard InChI is InChI=1S/C21H25N5O5S/c1-29-17-6-3-5-16(11-17)13-25(14-18-7-4-10-31-18)32(27,28)19-8-9-20(21(12-19)30-2)26-15-22-23-24-26/h3,5-6,8-9,11-12,15,18H,4,7,10,13-14H2,1-2H3/t18-/m0/s1. The fourth-order valence-corrected chi connectivity index (χ4v) is 5.14. The summed E-state index contributed by atoms with van der Waals surface area (Å²) in [5.41, 5.74) is 1.36. The van der Waals surface area contributed by atoms with Crippen LogP contribution in [0.4, 0.5) is 0 Å². The molecule has 1 aromatic heterocycles. The van der Waals surface area contributed by atoms with Gasteiger partial charge in [0, 0.05) is 25.8 Å². The van der Waals surface area contributed by atoms with Crippen molar-refractivity contribution >= 4 is 10.0 Å². The summed E-state index contributed by atoms with van der Waals surface area (Å²) in [7, 11) is -0.799. The van der Waals surface area contributed by atoms with E-state index >= 15 is 0 Å². The summed E-state index contributed by atoms with van der Waals surface area (Å²) in [4.78, 5) is 0.118. The van der Waals surface area contributed by atoms with Crippen LogP contribution in [0.1, 0.15) is 18.4 Å². The van der Waals surface area contributed by atoms with Crippen molar-refractivity contribution in [1.82, 2.24) is 24.5 Å². The number of sulfonamides is 1. The first-order valence-corrected chi connectivity index (χ1v) is 11.6. The second kappa shape index (κ2) is 9.63. The molecule has 170 valence electrons. The van der Waals surface area contributed by atoms with Crippen LogP contribution in [0.5, 0.6) is 11.5 Å². The molecular weight excluding hydrogens is 434 g/mol. The Balaban J connectivity index is 1.68. The van der Waals surface area contributed by atoms with Crippen molar-refractivity contribution in [2.45, 2.75) is 30.4 Å². The molecule has 3 aromatic rings. The predicted molar refractivity (Wildman–Crippen MR) is 115 cm³/mol. The molecule has 0 amide bonds. The molecule has 1 saturated heterocycles. The van der Waals surface area contributed by atoms with Gasteiger partial charge >= 0.3 is 0 Å². The smallest absolute Gasteiger partial charge is 0.243 e. The highest BCUT2D eigenvalue weighted by Gasteiger charge is 2.30. The number of benzene rings is 2. The van der Waals surface area contributed by atoms with Crippen molar-refractivity contribution < 1.29 is 22.6 Å². The number of hydrogen-bond acceptors (Lipinski definition) is 8. The van der Waals surface area contributed by atoms with E-state index < -0.39 is 10.0 Å². The number of aromatic nitrogens is 4. The molecule has 1 fully saturated rings. The molecule has 1 atom stereocenters. The van der Waals surface area contributed by atoms with Gasteiger partial charge in [-0.25, -0.2) is 8.42 Å². The Kier molecular flexibility index (Phi) is 6.68. The number of tetrazole rings is 1. The molecule has 0 saturated carbocycles. The first-order chi connectivity index (χ1) is 15.5. The molecule has 4 rings (SSSR count). The molecule has 10 nitrogen and oxygen atoms in total. The molecule has 2 aromatic carbocycles. The minimum atomic E-state index is -3.85. The Labute approximate surface area is 186 Å². The van der Waals surface area contributed by atoms with Crippen molar-refractivity contribution in [3.63, 3.8) is 0 Å². The molecular formula is C21H25N5O5S. The second-order valence-corrected chi connectivity index (χ2v) is 9.31. The molecule has 0 aliphatic carbocycles. The zero-order chi connectivity index (χ0) is 22.6. The molecule has 0 N–H and O–H groups in total. The Morgan fingerprint density at radius 1 is 1.19 bits per heavy atom. The van der Waals surface area contributed by atoms with E-state index in [1.54, 1.807) is 13.2 Å². The topological polar surface area (TPSA) is 109 Å². The average molecular weight is 460 g/mol. The maximum atomic E-state index is 13.7. The van der Waals surface area contributed by atoms with Gasteiger partial charge in [-0.1, -0.05) is 12.1 Å². The highest BCUT2D eigenvalue weighted by molar-refractivity contribution is 7.89. The zero-order valence-corrected chi connectivity index (χ0v) is 18.7. The van der Waals surface area contributed by atoms with E-state index in [0.29, 0.717) is 23.8 Å². The van der Waals surface area contributed by atoms with Crippen molar-refractivity contribution in [1.29, 1.82) is 0 Å². The molecule has 0 radical (unpaired) electrons. The third kappa shape index (κ3) is 4.74. The monoisotopic (exact) mass is 459 g/mol. The van der Waals surface area contributed by atoms with Gasteiger partial charge in [-0.15, -0.1) is 5.10 Å². The number of nitrogens with zero attached hydrogens (tertiary/aromatic N) is 5. The van der Waals surface area contributed by atoms with Crippen LogP contribution in [0, 0.1) is 0 Å². The average Bonchev–Trinajstić information content (AvgIpc) is 3.53. The van der Waals surface area contributed by atoms with Gasteiger partial charge in [-0.2, -0.15) is 8.99 Å². The Hall–Kier alpha value is -3.02. The van der Waals surface area contributed by atoms with Crippen LogP contribution in [-0.2, 0) is 21.3 Å². The van der Waals surface area contributed by atoms with Gasteiger partial charge in [0.05, 0.1) is 25.2 Å². The number of ether oxygens (including phenoxy) is 3. The first kappa shape index (κ1) is 22.2. The molecule has 32 heavy (non-hydrogen) atoms. The fourth-order valence-electron chi connectivity index (χ4n) is 3.67. The maximum absolute atomic E-state index is 13.7. The quantitative estimate of drug-likeness (QED) is 0.478. The molecule has 11 heteroatoms. The Morgan fingerprint density at radius 3 is 2.75 bits per heavy atom. The van der Waals surface area contributed by atoms with Crippen molar-refractivity contribution in [3.05, 3.63) is 54.4 Å². The van der Waals surface area contributed by atoms with Crippen LogP contribution in [0.15, 0.2) is 53.7 Å². The Morgan fingerprint density at radius 2 is 2.06 bits per heavy atom. The van der Waals surface area contributed by atoms with Gasteiger partial charge in [0.1, 0.15) is 23.5 Å². The van der Waals surface area contributed by atoms with Gasteiger partial charge in [0.25, 0.3) is 0 Å². The van der Waals surface area contributed by atoms with Gasteiger partial charge in [0.2, 0.25) is 10.0 Å². The van der Waals surface area contributed by atoms with Gasteiger partial charge in [-0.3, -0.25) is 0 Å². The molecule has 0 spiro atoms. The van der Waals surface area contributed by atoms with Crippen molar-refractivity contribution in [3.8, 4) is 17.2 Å². The van der Waals surface area contributed by atoms with Gasteiger partial charge < -0.3 is 14.2 Å². The van der Waals surface area contributed by atoms with Crippen LogP contribution in [0.25, 0.3) is 5.69 Å². The highest BCUT2D eigenvalue weighted by atomic mass is 32.2. The third-order valence-electron chi connectivity index (χ3n) is 5.31. The lowest BCUT2D eigenvalue weighted by Gasteiger charge is -2.25. The summed E-state index contributed by atoms with van der Waals surface area (Å²) in [5, 5.41) is 11.1. The first-order valence-electron chi connectivity index (χ1n) is 10.2. The lowest BCUT2D eigenvalue weighted by Crippen LogP contribution is -2.37. The van der Waals surface area contributed by atoms with Crippen LogP contribution in [0.2, 0.25) is 0 Å². The summed E-state index contributed by atoms with van der Waals surface area (Å²) in [6.45, 7) is 1.10. The van der Waals surface area contributed by atoms with E-state index in [9.17, 15) is 8.42 Å². The van der Waals surface area contributed by atoms with E-state index in [2.05, 4.69) is 15.5 Å². The lowest BCUT2D eigenvalue weighted by molar-refractivity contribution is 0.0926. The molecule has 1 aliphatic heterocycles. The van der Waals surface area contributed by atoms with Crippen LogP contribution in [0.3, 0.4) is 0 Å². The normalized spacial score (nSPS) is 16.4. The summed E-state index contributed by atoms with van der Waals surface area (Å²) in [6.07, 6.45) is 3.02. The number of rotatable bonds is 9. The minimum absolute atomic E-state index is 0.118. The van der Waals surface area contributed by atoms with E-state index in [4.69, 9.17) is 14.2 Å². The maximum Gasteiger partial charge on any atom is 0.243 e. The molecule has 0 bridgehead atoms. The van der Waals surface area contributed by atoms with E-state index in [-0.39, 0.29) is 24.1 Å². The Bertz CT molecular complexity index is 1150. The van der Waals surface area contributed by atoms with Crippen LogP contribution in [-0.4, -0.2) is 66.4 Å². The highest BCUT2D eigenvalue weighted by Crippen LogP contribution is 2.29. The summed E-state index contributed by atoms with van der Waals surface area (Å²) >= 11 is 0. The fraction of sp³-hybridized carbons (Fsp3) is 0.381. The lowest BCUT2D eigenvalue weighted by atomic mass is 10.2. The number of hydrogen-bond donors (Lipinski definition) is 0. The van der Waals surface area contributed by atoms with E-state index in [0.717, 1.165) is 18.4 Å². The van der Waals surface area contributed by atoms with E-state index in [1.807, 2.05) is 24.3 Å². The molecule has 1 aliphatic rings.